The van der Waals surface area contributed by atoms with Crippen LogP contribution in [0.1, 0.15) is 53.4 Å². The van der Waals surface area contributed by atoms with E-state index < -0.39 is 0 Å². The van der Waals surface area contributed by atoms with E-state index in [-0.39, 0.29) is 0 Å². The average Bonchev–Trinajstić information content (AvgIpc) is 2.24. The highest BCUT2D eigenvalue weighted by Gasteiger charge is 1.93. The Bertz CT molecular complexity index is 157. The molecule has 0 aromatic rings. The van der Waals surface area contributed by atoms with Gasteiger partial charge in [0.15, 0.2) is 0 Å². The third-order valence-corrected chi connectivity index (χ3v) is 1.78. The second-order valence-corrected chi connectivity index (χ2v) is 3.08. The van der Waals surface area contributed by atoms with Crippen molar-refractivity contribution in [3.05, 3.63) is 0 Å². The smallest absolute Gasteiger partial charge is 0.101 e. The van der Waals surface area contributed by atoms with E-state index in [9.17, 15) is 0 Å². The van der Waals surface area contributed by atoms with Crippen LogP contribution in [0.3, 0.4) is 0 Å². The minimum atomic E-state index is 0.313. The molecule has 0 bridgehead atoms. The molecule has 0 fully saturated rings. The topological polar surface area (TPSA) is 65.2 Å². The van der Waals surface area contributed by atoms with Crippen LogP contribution >= 0.6 is 0 Å². The van der Waals surface area contributed by atoms with Crippen LogP contribution in [-0.2, 0) is 0 Å². The fourth-order valence-corrected chi connectivity index (χ4v) is 0.645. The molecule has 0 aliphatic rings. The molecular weight excluding hydrogens is 180 g/mol. The van der Waals surface area contributed by atoms with Crippen molar-refractivity contribution in [3.8, 4) is 0 Å². The van der Waals surface area contributed by atoms with Crippen LogP contribution < -0.4 is 0 Å². The van der Waals surface area contributed by atoms with E-state index in [0.29, 0.717) is 11.4 Å². The van der Waals surface area contributed by atoms with E-state index >= 15 is 0 Å². The lowest BCUT2D eigenvalue weighted by Crippen LogP contribution is -2.04. The Balaban J connectivity index is 0. The first-order chi connectivity index (χ1) is 6.63. The van der Waals surface area contributed by atoms with Gasteiger partial charge >= 0.3 is 0 Å². The molecule has 0 heterocycles. The van der Waals surface area contributed by atoms with E-state index in [2.05, 4.69) is 24.2 Å². The molecule has 0 aromatic carbocycles. The van der Waals surface area contributed by atoms with Gasteiger partial charge in [-0.2, -0.15) is 0 Å². The largest absolute Gasteiger partial charge is 0.411 e. The highest BCUT2D eigenvalue weighted by Crippen LogP contribution is 1.95. The van der Waals surface area contributed by atoms with Crippen LogP contribution in [-0.4, -0.2) is 21.8 Å². The van der Waals surface area contributed by atoms with Crippen molar-refractivity contribution in [2.24, 2.45) is 10.3 Å². The molecule has 0 radical (unpaired) electrons. The molecule has 0 spiro atoms. The van der Waals surface area contributed by atoms with Crippen molar-refractivity contribution in [2.75, 3.05) is 0 Å². The van der Waals surface area contributed by atoms with E-state index in [1.54, 1.807) is 0 Å². The maximum atomic E-state index is 8.03. The minimum absolute atomic E-state index is 0.313. The third kappa shape index (κ3) is 10.9. The second-order valence-electron chi connectivity index (χ2n) is 3.08. The Morgan fingerprint density at radius 1 is 0.857 bits per heavy atom. The van der Waals surface area contributed by atoms with Crippen LogP contribution in [0.5, 0.6) is 0 Å². The fraction of sp³-hybridized carbons (Fsp3) is 0.800. The average molecular weight is 202 g/mol. The van der Waals surface area contributed by atoms with Gasteiger partial charge in [-0.1, -0.05) is 49.8 Å². The van der Waals surface area contributed by atoms with Gasteiger partial charge in [0.05, 0.1) is 0 Å². The maximum Gasteiger partial charge on any atom is 0.101 e. The van der Waals surface area contributed by atoms with Crippen LogP contribution in [0.15, 0.2) is 10.3 Å². The van der Waals surface area contributed by atoms with Gasteiger partial charge in [0, 0.05) is 0 Å². The Labute approximate surface area is 86.3 Å². The predicted molar refractivity (Wildman–Crippen MR) is 59.6 cm³/mol. The van der Waals surface area contributed by atoms with Crippen molar-refractivity contribution < 1.29 is 10.4 Å². The molecule has 84 valence electrons. The van der Waals surface area contributed by atoms with Crippen molar-refractivity contribution in [1.29, 1.82) is 0 Å². The quantitative estimate of drug-likeness (QED) is 0.318. The second kappa shape index (κ2) is 11.9. The van der Waals surface area contributed by atoms with Crippen molar-refractivity contribution >= 4 is 11.4 Å². The van der Waals surface area contributed by atoms with Crippen LogP contribution in [0.25, 0.3) is 0 Å². The highest BCUT2D eigenvalue weighted by atomic mass is 16.4. The molecule has 0 aliphatic carbocycles. The van der Waals surface area contributed by atoms with Gasteiger partial charge in [0.2, 0.25) is 0 Å². The minimum Gasteiger partial charge on any atom is -0.411 e. The molecule has 0 saturated carbocycles. The first-order valence-electron chi connectivity index (χ1n) is 5.01. The SMILES string of the molecule is CC(=NO)C(C)=NO.CCCCCC. The lowest BCUT2D eigenvalue weighted by Gasteiger charge is -1.88. The normalized spacial score (nSPS) is 12.0. The molecule has 4 heteroatoms. The zero-order valence-electron chi connectivity index (χ0n) is 9.62. The molecule has 0 aliphatic heterocycles. The third-order valence-electron chi connectivity index (χ3n) is 1.78. The molecular formula is C10H22N2O2. The van der Waals surface area contributed by atoms with Gasteiger partial charge in [-0.05, 0) is 13.8 Å². The fourth-order valence-electron chi connectivity index (χ4n) is 0.645. The zero-order chi connectivity index (χ0) is 11.4. The molecule has 0 rings (SSSR count). The van der Waals surface area contributed by atoms with Crippen molar-refractivity contribution in [2.45, 2.75) is 53.4 Å². The first kappa shape index (κ1) is 15.4. The Hall–Kier alpha value is -1.06. The summed E-state index contributed by atoms with van der Waals surface area (Å²) < 4.78 is 0. The summed E-state index contributed by atoms with van der Waals surface area (Å²) in [5, 5.41) is 21.6. The number of unbranched alkanes of at least 4 members (excludes halogenated alkanes) is 3. The summed E-state index contributed by atoms with van der Waals surface area (Å²) in [7, 11) is 0. The van der Waals surface area contributed by atoms with Crippen LogP contribution in [0.4, 0.5) is 0 Å². The van der Waals surface area contributed by atoms with Gasteiger partial charge in [0.1, 0.15) is 11.4 Å². The molecule has 0 aromatic heterocycles. The lowest BCUT2D eigenvalue weighted by atomic mass is 10.2. The Morgan fingerprint density at radius 3 is 1.29 bits per heavy atom. The van der Waals surface area contributed by atoms with Crippen molar-refractivity contribution in [1.82, 2.24) is 0 Å². The van der Waals surface area contributed by atoms with Gasteiger partial charge in [-0.25, -0.2) is 0 Å². The molecule has 2 N–H and O–H groups in total. The van der Waals surface area contributed by atoms with E-state index in [0.717, 1.165) is 0 Å². The van der Waals surface area contributed by atoms with Gasteiger partial charge in [0.25, 0.3) is 0 Å². The van der Waals surface area contributed by atoms with Gasteiger partial charge < -0.3 is 10.4 Å². The van der Waals surface area contributed by atoms with Crippen molar-refractivity contribution in [3.63, 3.8) is 0 Å². The summed E-state index contributed by atoms with van der Waals surface area (Å²) in [6, 6.07) is 0. The molecule has 0 saturated heterocycles. The molecule has 0 atom stereocenters. The summed E-state index contributed by atoms with van der Waals surface area (Å²) in [6.07, 6.45) is 5.54. The summed E-state index contributed by atoms with van der Waals surface area (Å²) in [6.45, 7) is 7.54. The summed E-state index contributed by atoms with van der Waals surface area (Å²) >= 11 is 0. The number of rotatable bonds is 4. The lowest BCUT2D eigenvalue weighted by molar-refractivity contribution is 0.313. The van der Waals surface area contributed by atoms with Crippen LogP contribution in [0.2, 0.25) is 0 Å². The molecule has 0 unspecified atom stereocenters. The number of nitrogens with zero attached hydrogens (tertiary/aromatic N) is 2. The first-order valence-corrected chi connectivity index (χ1v) is 5.01. The highest BCUT2D eigenvalue weighted by molar-refractivity contribution is 6.40. The Kier molecular flexibility index (Phi) is 13.1. The van der Waals surface area contributed by atoms with E-state index in [1.165, 1.54) is 39.5 Å². The molecule has 0 amide bonds. The van der Waals surface area contributed by atoms with Gasteiger partial charge in [-0.15, -0.1) is 0 Å². The summed E-state index contributed by atoms with van der Waals surface area (Å²) in [5.41, 5.74) is 0.625. The Morgan fingerprint density at radius 2 is 1.14 bits per heavy atom. The standard InChI is InChI=1S/C6H14.C4H8N2O2/c1-3-5-6-4-2;1-3(5-7)4(2)6-8/h3-6H2,1-2H3;7-8H,1-2H3. The number of hydrogen-bond donors (Lipinski definition) is 2. The zero-order valence-corrected chi connectivity index (χ0v) is 9.62. The maximum absolute atomic E-state index is 8.03. The number of oxime groups is 2. The summed E-state index contributed by atoms with van der Waals surface area (Å²) in [5.74, 6) is 0. The van der Waals surface area contributed by atoms with E-state index in [4.69, 9.17) is 10.4 Å². The summed E-state index contributed by atoms with van der Waals surface area (Å²) in [4.78, 5) is 0. The number of hydrogen-bond acceptors (Lipinski definition) is 4. The monoisotopic (exact) mass is 202 g/mol. The molecule has 4 nitrogen and oxygen atoms in total. The van der Waals surface area contributed by atoms with E-state index in [1.807, 2.05) is 0 Å². The van der Waals surface area contributed by atoms with Gasteiger partial charge in [-0.3, -0.25) is 0 Å². The molecule has 14 heavy (non-hydrogen) atoms. The van der Waals surface area contributed by atoms with Crippen LogP contribution in [0, 0.1) is 0 Å². The predicted octanol–water partition coefficient (Wildman–Crippen LogP) is 3.27.